The van der Waals surface area contributed by atoms with E-state index in [1.165, 1.54) is 45.4 Å². The summed E-state index contributed by atoms with van der Waals surface area (Å²) in [4.78, 5) is 5.34. The Hall–Kier alpha value is -0.0800. The van der Waals surface area contributed by atoms with Crippen LogP contribution in [0.15, 0.2) is 0 Å². The molecule has 14 heavy (non-hydrogen) atoms. The van der Waals surface area contributed by atoms with Gasteiger partial charge in [-0.25, -0.2) is 0 Å². The van der Waals surface area contributed by atoms with Crippen LogP contribution < -0.4 is 0 Å². The van der Waals surface area contributed by atoms with E-state index in [-0.39, 0.29) is 0 Å². The first-order valence-electron chi connectivity index (χ1n) is 6.06. The number of nitrogens with zero attached hydrogens (tertiary/aromatic N) is 2. The van der Waals surface area contributed by atoms with E-state index in [0.717, 1.165) is 6.04 Å². The van der Waals surface area contributed by atoms with Crippen LogP contribution in [0.2, 0.25) is 0 Å². The predicted octanol–water partition coefficient (Wildman–Crippen LogP) is 1.96. The van der Waals surface area contributed by atoms with Gasteiger partial charge in [-0.1, -0.05) is 0 Å². The predicted molar refractivity (Wildman–Crippen MR) is 60.5 cm³/mol. The fraction of sp³-hybridized carbons (Fsp3) is 1.00. The van der Waals surface area contributed by atoms with Crippen molar-refractivity contribution in [1.29, 1.82) is 0 Å². The van der Waals surface area contributed by atoms with Crippen LogP contribution in [0.1, 0.15) is 40.0 Å². The van der Waals surface area contributed by atoms with Gasteiger partial charge < -0.3 is 0 Å². The van der Waals surface area contributed by atoms with Crippen LogP contribution in [0.3, 0.4) is 0 Å². The first-order chi connectivity index (χ1) is 6.57. The summed E-state index contributed by atoms with van der Waals surface area (Å²) in [5.74, 6) is 0. The molecule has 2 heteroatoms. The molecule has 2 nitrogen and oxygen atoms in total. The van der Waals surface area contributed by atoms with Crippen molar-refractivity contribution in [2.45, 2.75) is 51.6 Å². The summed E-state index contributed by atoms with van der Waals surface area (Å²) in [6.45, 7) is 12.3. The Balaban J connectivity index is 1.88. The Bertz CT molecular complexity index is 189. The second-order valence-corrected chi connectivity index (χ2v) is 5.80. The maximum Gasteiger partial charge on any atom is 0.0235 e. The summed E-state index contributed by atoms with van der Waals surface area (Å²) in [7, 11) is 0. The molecule has 2 aliphatic rings. The smallest absolute Gasteiger partial charge is 0.0235 e. The van der Waals surface area contributed by atoms with Crippen molar-refractivity contribution < 1.29 is 0 Å². The van der Waals surface area contributed by atoms with Crippen molar-refractivity contribution in [3.63, 3.8) is 0 Å². The Morgan fingerprint density at radius 1 is 1.00 bits per heavy atom. The fourth-order valence-electron chi connectivity index (χ4n) is 2.76. The molecule has 2 heterocycles. The standard InChI is InChI=1S/C12H24N2/c1-12(2,3)14-9-6-11(10-14)13-7-4-5-8-13/h11H,4-10H2,1-3H3/t11-/m0/s1. The summed E-state index contributed by atoms with van der Waals surface area (Å²) in [5.41, 5.74) is 0.370. The normalized spacial score (nSPS) is 31.5. The molecule has 0 aliphatic carbocycles. The van der Waals surface area contributed by atoms with Gasteiger partial charge >= 0.3 is 0 Å². The molecule has 2 rings (SSSR count). The lowest BCUT2D eigenvalue weighted by Gasteiger charge is -2.32. The second-order valence-electron chi connectivity index (χ2n) is 5.80. The van der Waals surface area contributed by atoms with Gasteiger partial charge in [0.1, 0.15) is 0 Å². The zero-order valence-electron chi connectivity index (χ0n) is 9.92. The Morgan fingerprint density at radius 3 is 2.14 bits per heavy atom. The quantitative estimate of drug-likeness (QED) is 0.632. The first-order valence-corrected chi connectivity index (χ1v) is 6.06. The van der Waals surface area contributed by atoms with Gasteiger partial charge in [0.05, 0.1) is 0 Å². The molecule has 0 unspecified atom stereocenters. The molecule has 2 saturated heterocycles. The third-order valence-corrected chi connectivity index (χ3v) is 3.77. The molecule has 0 aromatic heterocycles. The van der Waals surface area contributed by atoms with Crippen molar-refractivity contribution in [2.75, 3.05) is 26.2 Å². The van der Waals surface area contributed by atoms with E-state index >= 15 is 0 Å². The summed E-state index contributed by atoms with van der Waals surface area (Å²) < 4.78 is 0. The van der Waals surface area contributed by atoms with Gasteiger partial charge in [-0.2, -0.15) is 0 Å². The fourth-order valence-corrected chi connectivity index (χ4v) is 2.76. The van der Waals surface area contributed by atoms with Crippen LogP contribution in [-0.4, -0.2) is 47.6 Å². The zero-order chi connectivity index (χ0) is 10.2. The van der Waals surface area contributed by atoms with Gasteiger partial charge in [-0.05, 0) is 53.1 Å². The van der Waals surface area contributed by atoms with Gasteiger partial charge in [-0.3, -0.25) is 9.80 Å². The summed E-state index contributed by atoms with van der Waals surface area (Å²) >= 11 is 0. The lowest BCUT2D eigenvalue weighted by atomic mass is 10.1. The van der Waals surface area contributed by atoms with Gasteiger partial charge in [0.15, 0.2) is 0 Å². The van der Waals surface area contributed by atoms with Crippen molar-refractivity contribution >= 4 is 0 Å². The number of rotatable bonds is 1. The number of hydrogen-bond donors (Lipinski definition) is 0. The maximum atomic E-state index is 2.70. The maximum absolute atomic E-state index is 2.70. The molecule has 0 amide bonds. The van der Waals surface area contributed by atoms with E-state index in [1.54, 1.807) is 0 Å². The van der Waals surface area contributed by atoms with Crippen LogP contribution >= 0.6 is 0 Å². The number of hydrogen-bond acceptors (Lipinski definition) is 2. The average Bonchev–Trinajstić information content (AvgIpc) is 2.73. The van der Waals surface area contributed by atoms with Crippen LogP contribution in [0.5, 0.6) is 0 Å². The molecule has 2 aliphatic heterocycles. The monoisotopic (exact) mass is 196 g/mol. The van der Waals surface area contributed by atoms with Crippen LogP contribution in [-0.2, 0) is 0 Å². The molecule has 0 N–H and O–H groups in total. The van der Waals surface area contributed by atoms with E-state index < -0.39 is 0 Å². The Kier molecular flexibility index (Phi) is 2.85. The molecular formula is C12H24N2. The third-order valence-electron chi connectivity index (χ3n) is 3.77. The lowest BCUT2D eigenvalue weighted by molar-refractivity contribution is 0.153. The summed E-state index contributed by atoms with van der Waals surface area (Å²) in [6.07, 6.45) is 4.23. The first kappa shape index (κ1) is 10.4. The van der Waals surface area contributed by atoms with Gasteiger partial charge in [0.25, 0.3) is 0 Å². The SMILES string of the molecule is CC(C)(C)N1CC[C@H](N2CCCC2)C1. The average molecular weight is 196 g/mol. The lowest BCUT2D eigenvalue weighted by Crippen LogP contribution is -2.42. The molecule has 0 spiro atoms. The highest BCUT2D eigenvalue weighted by molar-refractivity contribution is 4.90. The van der Waals surface area contributed by atoms with Crippen LogP contribution in [0.4, 0.5) is 0 Å². The minimum Gasteiger partial charge on any atom is -0.299 e. The molecule has 0 aromatic rings. The van der Waals surface area contributed by atoms with Crippen LogP contribution in [0.25, 0.3) is 0 Å². The van der Waals surface area contributed by atoms with Crippen molar-refractivity contribution in [1.82, 2.24) is 9.80 Å². The third kappa shape index (κ3) is 2.12. The minimum absolute atomic E-state index is 0.370. The van der Waals surface area contributed by atoms with E-state index in [9.17, 15) is 0 Å². The van der Waals surface area contributed by atoms with E-state index in [2.05, 4.69) is 30.6 Å². The van der Waals surface area contributed by atoms with E-state index in [1.807, 2.05) is 0 Å². The van der Waals surface area contributed by atoms with Crippen molar-refractivity contribution in [3.8, 4) is 0 Å². The molecule has 1 atom stereocenters. The second kappa shape index (κ2) is 3.82. The van der Waals surface area contributed by atoms with Crippen LogP contribution in [0, 0.1) is 0 Å². The molecule has 0 bridgehead atoms. The largest absolute Gasteiger partial charge is 0.299 e. The molecule has 0 radical (unpaired) electrons. The van der Waals surface area contributed by atoms with E-state index in [0.29, 0.717) is 5.54 Å². The Labute approximate surface area is 88.3 Å². The molecule has 0 aromatic carbocycles. The summed E-state index contributed by atoms with van der Waals surface area (Å²) in [6, 6.07) is 0.858. The summed E-state index contributed by atoms with van der Waals surface area (Å²) in [5, 5.41) is 0. The van der Waals surface area contributed by atoms with E-state index in [4.69, 9.17) is 0 Å². The van der Waals surface area contributed by atoms with Gasteiger partial charge in [0.2, 0.25) is 0 Å². The topological polar surface area (TPSA) is 6.48 Å². The van der Waals surface area contributed by atoms with Crippen molar-refractivity contribution in [3.05, 3.63) is 0 Å². The van der Waals surface area contributed by atoms with Gasteiger partial charge in [-0.15, -0.1) is 0 Å². The van der Waals surface area contributed by atoms with Crippen molar-refractivity contribution in [2.24, 2.45) is 0 Å². The van der Waals surface area contributed by atoms with Gasteiger partial charge in [0, 0.05) is 24.7 Å². The minimum atomic E-state index is 0.370. The highest BCUT2D eigenvalue weighted by atomic mass is 15.3. The molecule has 2 fully saturated rings. The molecule has 82 valence electrons. The highest BCUT2D eigenvalue weighted by Gasteiger charge is 2.33. The molecular weight excluding hydrogens is 172 g/mol. The number of likely N-dealkylation sites (tertiary alicyclic amines) is 2. The zero-order valence-corrected chi connectivity index (χ0v) is 9.92. The molecule has 0 saturated carbocycles. The highest BCUT2D eigenvalue weighted by Crippen LogP contribution is 2.25. The Morgan fingerprint density at radius 2 is 1.64 bits per heavy atom.